The fourth-order valence-corrected chi connectivity index (χ4v) is 2.50. The normalized spacial score (nSPS) is 21.7. The van der Waals surface area contributed by atoms with Gasteiger partial charge in [-0.1, -0.05) is 17.7 Å². The van der Waals surface area contributed by atoms with Crippen LogP contribution in [0.2, 0.25) is 5.02 Å². The van der Waals surface area contributed by atoms with Crippen molar-refractivity contribution in [3.05, 3.63) is 34.6 Å². The number of nitrogens with zero attached hydrogens (tertiary/aromatic N) is 1. The van der Waals surface area contributed by atoms with Gasteiger partial charge in [0.1, 0.15) is 5.82 Å². The van der Waals surface area contributed by atoms with Crippen LogP contribution < -0.4 is 5.32 Å². The van der Waals surface area contributed by atoms with Gasteiger partial charge in [0, 0.05) is 42.8 Å². The molecule has 17 heavy (non-hydrogen) atoms. The van der Waals surface area contributed by atoms with Crippen molar-refractivity contribution >= 4 is 11.6 Å². The van der Waals surface area contributed by atoms with Crippen molar-refractivity contribution in [2.24, 2.45) is 0 Å². The Morgan fingerprint density at radius 1 is 1.53 bits per heavy atom. The van der Waals surface area contributed by atoms with Gasteiger partial charge in [-0.3, -0.25) is 4.90 Å². The third-order valence-corrected chi connectivity index (χ3v) is 3.70. The van der Waals surface area contributed by atoms with Crippen LogP contribution in [0.25, 0.3) is 0 Å². The number of halogens is 2. The zero-order valence-electron chi connectivity index (χ0n) is 10.0. The van der Waals surface area contributed by atoms with Crippen molar-refractivity contribution in [2.75, 3.05) is 26.2 Å². The predicted octanol–water partition coefficient (Wildman–Crippen LogP) is 2.32. The molecular formula is C13H18ClFN2. The lowest BCUT2D eigenvalue weighted by atomic mass is 10.1. The molecule has 1 aromatic carbocycles. The van der Waals surface area contributed by atoms with Crippen molar-refractivity contribution in [2.45, 2.75) is 19.4 Å². The zero-order valence-corrected chi connectivity index (χ0v) is 10.8. The highest BCUT2D eigenvalue weighted by Gasteiger charge is 2.18. The van der Waals surface area contributed by atoms with Gasteiger partial charge < -0.3 is 5.32 Å². The van der Waals surface area contributed by atoms with Crippen LogP contribution in [0.3, 0.4) is 0 Å². The van der Waals surface area contributed by atoms with Crippen LogP contribution in [0.5, 0.6) is 0 Å². The number of benzene rings is 1. The average molecular weight is 257 g/mol. The molecule has 2 rings (SSSR count). The second-order valence-corrected chi connectivity index (χ2v) is 4.95. The number of rotatable bonds is 3. The molecule has 4 heteroatoms. The number of hydrogen-bond acceptors (Lipinski definition) is 2. The zero-order chi connectivity index (χ0) is 12.3. The molecule has 0 amide bonds. The first-order chi connectivity index (χ1) is 8.18. The van der Waals surface area contributed by atoms with E-state index in [9.17, 15) is 4.39 Å². The van der Waals surface area contributed by atoms with E-state index in [0.717, 1.165) is 26.2 Å². The van der Waals surface area contributed by atoms with Crippen LogP contribution >= 0.6 is 11.6 Å². The quantitative estimate of drug-likeness (QED) is 0.893. The molecule has 2 nitrogen and oxygen atoms in total. The lowest BCUT2D eigenvalue weighted by Gasteiger charge is -2.33. The van der Waals surface area contributed by atoms with E-state index in [1.807, 2.05) is 0 Å². The molecule has 1 N–H and O–H groups in total. The molecule has 1 aliphatic rings. The van der Waals surface area contributed by atoms with E-state index in [4.69, 9.17) is 11.6 Å². The summed E-state index contributed by atoms with van der Waals surface area (Å²) in [5.74, 6) is -0.194. The summed E-state index contributed by atoms with van der Waals surface area (Å²) in [7, 11) is 0. The van der Waals surface area contributed by atoms with Gasteiger partial charge in [-0.15, -0.1) is 0 Å². The maximum atomic E-state index is 13.6. The molecule has 0 saturated carbocycles. The summed E-state index contributed by atoms with van der Waals surface area (Å²) in [6.07, 6.45) is 0.676. The smallest absolute Gasteiger partial charge is 0.127 e. The summed E-state index contributed by atoms with van der Waals surface area (Å²) in [6, 6.07) is 5.38. The molecule has 0 aliphatic carbocycles. The molecule has 1 fully saturated rings. The largest absolute Gasteiger partial charge is 0.314 e. The van der Waals surface area contributed by atoms with Crippen molar-refractivity contribution in [3.63, 3.8) is 0 Å². The van der Waals surface area contributed by atoms with E-state index in [-0.39, 0.29) is 5.82 Å². The molecular weight excluding hydrogens is 239 g/mol. The minimum atomic E-state index is -0.194. The molecule has 1 heterocycles. The van der Waals surface area contributed by atoms with Crippen LogP contribution in [0.1, 0.15) is 12.5 Å². The van der Waals surface area contributed by atoms with E-state index in [2.05, 4.69) is 17.1 Å². The summed E-state index contributed by atoms with van der Waals surface area (Å²) in [5, 5.41) is 3.88. The molecule has 0 aromatic heterocycles. The summed E-state index contributed by atoms with van der Waals surface area (Å²) < 4.78 is 13.6. The van der Waals surface area contributed by atoms with E-state index < -0.39 is 0 Å². The van der Waals surface area contributed by atoms with Gasteiger partial charge >= 0.3 is 0 Å². The Kier molecular flexibility index (Phi) is 4.37. The van der Waals surface area contributed by atoms with Crippen LogP contribution in [-0.2, 0) is 6.42 Å². The van der Waals surface area contributed by atoms with Crippen molar-refractivity contribution in [1.82, 2.24) is 10.2 Å². The van der Waals surface area contributed by atoms with E-state index in [0.29, 0.717) is 23.0 Å². The molecule has 1 saturated heterocycles. The van der Waals surface area contributed by atoms with Gasteiger partial charge in [0.25, 0.3) is 0 Å². The molecule has 1 aliphatic heterocycles. The Bertz CT molecular complexity index is 363. The van der Waals surface area contributed by atoms with Gasteiger partial charge in [0.15, 0.2) is 0 Å². The summed E-state index contributed by atoms with van der Waals surface area (Å²) in [5.41, 5.74) is 0.639. The molecule has 0 spiro atoms. The minimum Gasteiger partial charge on any atom is -0.314 e. The second-order valence-electron chi connectivity index (χ2n) is 4.54. The Hall–Kier alpha value is -0.640. The molecule has 0 radical (unpaired) electrons. The fraction of sp³-hybridized carbons (Fsp3) is 0.538. The highest BCUT2D eigenvalue weighted by Crippen LogP contribution is 2.20. The first-order valence-corrected chi connectivity index (χ1v) is 6.44. The Labute approximate surface area is 107 Å². The van der Waals surface area contributed by atoms with Gasteiger partial charge in [0.05, 0.1) is 0 Å². The molecule has 0 unspecified atom stereocenters. The Morgan fingerprint density at radius 3 is 3.06 bits per heavy atom. The van der Waals surface area contributed by atoms with Gasteiger partial charge in [-0.05, 0) is 25.5 Å². The van der Waals surface area contributed by atoms with Crippen molar-refractivity contribution in [1.29, 1.82) is 0 Å². The van der Waals surface area contributed by atoms with Crippen LogP contribution in [0, 0.1) is 5.82 Å². The van der Waals surface area contributed by atoms with Crippen LogP contribution in [0.4, 0.5) is 4.39 Å². The Morgan fingerprint density at radius 2 is 2.35 bits per heavy atom. The number of nitrogens with one attached hydrogen (secondary N) is 1. The topological polar surface area (TPSA) is 15.3 Å². The third kappa shape index (κ3) is 3.18. The summed E-state index contributed by atoms with van der Waals surface area (Å²) >= 11 is 6.01. The van der Waals surface area contributed by atoms with Gasteiger partial charge in [-0.2, -0.15) is 0 Å². The van der Waals surface area contributed by atoms with Crippen LogP contribution in [-0.4, -0.2) is 37.1 Å². The summed E-state index contributed by atoms with van der Waals surface area (Å²) in [4.78, 5) is 2.37. The maximum absolute atomic E-state index is 13.6. The predicted molar refractivity (Wildman–Crippen MR) is 69.0 cm³/mol. The molecule has 94 valence electrons. The fourth-order valence-electron chi connectivity index (χ4n) is 2.24. The number of piperazine rings is 1. The molecule has 1 atom stereocenters. The average Bonchev–Trinajstić information content (AvgIpc) is 2.30. The molecule has 1 aromatic rings. The van der Waals surface area contributed by atoms with Gasteiger partial charge in [0.2, 0.25) is 0 Å². The minimum absolute atomic E-state index is 0.194. The van der Waals surface area contributed by atoms with E-state index >= 15 is 0 Å². The van der Waals surface area contributed by atoms with E-state index in [1.54, 1.807) is 12.1 Å². The SMILES string of the molecule is C[C@H]1CNCCN1CCc1c(F)cccc1Cl. The number of hydrogen-bond donors (Lipinski definition) is 1. The first kappa shape index (κ1) is 12.8. The molecule has 0 bridgehead atoms. The van der Waals surface area contributed by atoms with E-state index in [1.165, 1.54) is 6.07 Å². The third-order valence-electron chi connectivity index (χ3n) is 3.35. The van der Waals surface area contributed by atoms with Gasteiger partial charge in [-0.25, -0.2) is 4.39 Å². The monoisotopic (exact) mass is 256 g/mol. The highest BCUT2D eigenvalue weighted by molar-refractivity contribution is 6.31. The van der Waals surface area contributed by atoms with Crippen LogP contribution in [0.15, 0.2) is 18.2 Å². The lowest BCUT2D eigenvalue weighted by Crippen LogP contribution is -2.50. The Balaban J connectivity index is 1.97. The van der Waals surface area contributed by atoms with Crippen molar-refractivity contribution in [3.8, 4) is 0 Å². The maximum Gasteiger partial charge on any atom is 0.127 e. The highest BCUT2D eigenvalue weighted by atomic mass is 35.5. The van der Waals surface area contributed by atoms with Crippen molar-refractivity contribution < 1.29 is 4.39 Å². The first-order valence-electron chi connectivity index (χ1n) is 6.06. The lowest BCUT2D eigenvalue weighted by molar-refractivity contribution is 0.175. The standard InChI is InChI=1S/C13H18ClFN2/c1-10-9-16-6-8-17(10)7-5-11-12(14)3-2-4-13(11)15/h2-4,10,16H,5-9H2,1H3/t10-/m0/s1. The second kappa shape index (κ2) is 5.80. The summed E-state index contributed by atoms with van der Waals surface area (Å²) in [6.45, 7) is 6.09.